The molecule has 2 N–H and O–H groups in total. The van der Waals surface area contributed by atoms with Crippen molar-refractivity contribution in [3.63, 3.8) is 0 Å². The van der Waals surface area contributed by atoms with Gasteiger partial charge < -0.3 is 15.0 Å². The third-order valence-electron chi connectivity index (χ3n) is 5.02. The number of amides is 1. The number of carbonyl (C=O) groups excluding carboxylic acids is 1. The van der Waals surface area contributed by atoms with Crippen LogP contribution in [0.2, 0.25) is 0 Å². The van der Waals surface area contributed by atoms with E-state index >= 15 is 0 Å². The molecule has 0 saturated heterocycles. The molecule has 30 heavy (non-hydrogen) atoms. The van der Waals surface area contributed by atoms with Crippen LogP contribution in [0.25, 0.3) is 0 Å². The Morgan fingerprint density at radius 1 is 1.10 bits per heavy atom. The Morgan fingerprint density at radius 3 is 2.53 bits per heavy atom. The second kappa shape index (κ2) is 8.75. The zero-order valence-electron chi connectivity index (χ0n) is 16.9. The second-order valence-electron chi connectivity index (χ2n) is 7.21. The molecule has 1 unspecified atom stereocenters. The normalized spacial score (nSPS) is 15.4. The molecule has 1 aliphatic rings. The lowest BCUT2D eigenvalue weighted by Crippen LogP contribution is -2.31. The minimum absolute atomic E-state index is 0.144. The minimum Gasteiger partial charge on any atom is -0.494 e. The van der Waals surface area contributed by atoms with Crippen LogP contribution in [0, 0.1) is 6.92 Å². The molecular weight excluding hydrogens is 398 g/mol. The van der Waals surface area contributed by atoms with Gasteiger partial charge in [0.1, 0.15) is 11.6 Å². The van der Waals surface area contributed by atoms with Gasteiger partial charge in [0.05, 0.1) is 12.2 Å². The number of fused-ring (bicyclic) bond motifs is 1. The van der Waals surface area contributed by atoms with Crippen LogP contribution >= 0.6 is 11.8 Å². The van der Waals surface area contributed by atoms with E-state index in [1.54, 1.807) is 0 Å². The highest BCUT2D eigenvalue weighted by molar-refractivity contribution is 7.98. The van der Waals surface area contributed by atoms with Crippen LogP contribution in [0.15, 0.2) is 58.5 Å². The number of carbonyl (C=O) groups is 1. The number of hydrogen-bond acceptors (Lipinski definition) is 5. The topological polar surface area (TPSA) is 84.1 Å². The Labute approximate surface area is 179 Å². The highest BCUT2D eigenvalue weighted by atomic mass is 32.2. The van der Waals surface area contributed by atoms with Crippen molar-refractivity contribution >= 4 is 23.5 Å². The predicted molar refractivity (Wildman–Crippen MR) is 118 cm³/mol. The van der Waals surface area contributed by atoms with Crippen molar-refractivity contribution in [3.05, 3.63) is 81.1 Å². The fraction of sp³-hybridized carbons (Fsp3) is 0.261. The molecule has 1 aromatic heterocycles. The number of hydrogen-bond donors (Lipinski definition) is 2. The molecule has 2 aromatic carbocycles. The van der Waals surface area contributed by atoms with Crippen molar-refractivity contribution in [1.29, 1.82) is 0 Å². The first-order valence-electron chi connectivity index (χ1n) is 9.88. The number of anilines is 1. The van der Waals surface area contributed by atoms with Crippen LogP contribution in [0.3, 0.4) is 0 Å². The van der Waals surface area contributed by atoms with Gasteiger partial charge >= 0.3 is 0 Å². The van der Waals surface area contributed by atoms with Crippen molar-refractivity contribution in [2.24, 2.45) is 0 Å². The van der Waals surface area contributed by atoms with Crippen molar-refractivity contribution in [2.75, 3.05) is 11.9 Å². The lowest BCUT2D eigenvalue weighted by molar-refractivity contribution is -0.116. The summed E-state index contributed by atoms with van der Waals surface area (Å²) in [6.07, 6.45) is 0.210. The molecule has 4 rings (SSSR count). The largest absolute Gasteiger partial charge is 0.494 e. The first kappa shape index (κ1) is 20.2. The van der Waals surface area contributed by atoms with Crippen LogP contribution in [-0.4, -0.2) is 22.5 Å². The molecule has 1 atom stereocenters. The van der Waals surface area contributed by atoms with E-state index in [1.807, 2.05) is 38.1 Å². The quantitative estimate of drug-likeness (QED) is 0.459. The Hall–Kier alpha value is -3.06. The molecule has 1 amide bonds. The molecule has 154 valence electrons. The van der Waals surface area contributed by atoms with Crippen LogP contribution in [0.4, 0.5) is 5.82 Å². The van der Waals surface area contributed by atoms with Crippen LogP contribution in [0.1, 0.15) is 41.5 Å². The standard InChI is InChI=1S/C23H23N3O3S/c1-3-29-17-10-8-16(9-11-17)18-12-19(27)24-21-20(18)22(28)26-23(25-21)30-13-15-6-4-14(2)5-7-15/h4-11,18H,3,12-13H2,1-2H3,(H2,24,25,26,27,28). The Bertz CT molecular complexity index is 1110. The number of aromatic amines is 1. The van der Waals surface area contributed by atoms with Gasteiger partial charge in [0.25, 0.3) is 5.56 Å². The minimum atomic E-state index is -0.336. The third-order valence-corrected chi connectivity index (χ3v) is 5.96. The number of aryl methyl sites for hydroxylation is 1. The molecule has 0 radical (unpaired) electrons. The fourth-order valence-corrected chi connectivity index (χ4v) is 4.32. The van der Waals surface area contributed by atoms with Gasteiger partial charge in [-0.05, 0) is 37.1 Å². The number of thioether (sulfide) groups is 1. The molecular formula is C23H23N3O3S. The summed E-state index contributed by atoms with van der Waals surface area (Å²) >= 11 is 1.44. The Balaban J connectivity index is 1.60. The number of aromatic nitrogens is 2. The molecule has 6 nitrogen and oxygen atoms in total. The van der Waals surface area contributed by atoms with Gasteiger partial charge in [0, 0.05) is 18.1 Å². The molecule has 3 aromatic rings. The van der Waals surface area contributed by atoms with E-state index < -0.39 is 0 Å². The molecule has 0 aliphatic carbocycles. The number of rotatable bonds is 6. The van der Waals surface area contributed by atoms with Gasteiger partial charge in [-0.1, -0.05) is 53.7 Å². The summed E-state index contributed by atoms with van der Waals surface area (Å²) in [7, 11) is 0. The van der Waals surface area contributed by atoms with E-state index in [0.29, 0.717) is 28.9 Å². The van der Waals surface area contributed by atoms with Gasteiger partial charge in [-0.15, -0.1) is 0 Å². The van der Waals surface area contributed by atoms with Crippen molar-refractivity contribution in [1.82, 2.24) is 9.97 Å². The first-order valence-corrected chi connectivity index (χ1v) is 10.9. The zero-order valence-corrected chi connectivity index (χ0v) is 17.7. The number of ether oxygens (including phenoxy) is 1. The Kier molecular flexibility index (Phi) is 5.90. The van der Waals surface area contributed by atoms with E-state index in [2.05, 4.69) is 39.6 Å². The highest BCUT2D eigenvalue weighted by Crippen LogP contribution is 2.35. The molecule has 0 saturated carbocycles. The maximum atomic E-state index is 12.9. The van der Waals surface area contributed by atoms with Gasteiger partial charge in [0.2, 0.25) is 5.91 Å². The number of nitrogens with one attached hydrogen (secondary N) is 2. The first-order chi connectivity index (χ1) is 14.5. The smallest absolute Gasteiger partial charge is 0.257 e. The SMILES string of the molecule is CCOc1ccc(C2CC(=O)Nc3nc(SCc4ccc(C)cc4)[nH]c(=O)c32)cc1. The summed E-state index contributed by atoms with van der Waals surface area (Å²) in [6.45, 7) is 4.55. The molecule has 1 aliphatic heterocycles. The lowest BCUT2D eigenvalue weighted by Gasteiger charge is -2.24. The van der Waals surface area contributed by atoms with Crippen LogP contribution in [0.5, 0.6) is 5.75 Å². The van der Waals surface area contributed by atoms with Gasteiger partial charge in [-0.2, -0.15) is 0 Å². The summed E-state index contributed by atoms with van der Waals surface area (Å²) in [5.41, 5.74) is 3.51. The van der Waals surface area contributed by atoms with Crippen LogP contribution in [-0.2, 0) is 10.5 Å². The van der Waals surface area contributed by atoms with Gasteiger partial charge in [-0.25, -0.2) is 4.98 Å². The van der Waals surface area contributed by atoms with Gasteiger partial charge in [0.15, 0.2) is 5.16 Å². The summed E-state index contributed by atoms with van der Waals surface area (Å²) in [4.78, 5) is 32.6. The predicted octanol–water partition coefficient (Wildman–Crippen LogP) is 4.24. The van der Waals surface area contributed by atoms with E-state index in [1.165, 1.54) is 17.3 Å². The number of nitrogens with zero attached hydrogens (tertiary/aromatic N) is 1. The van der Waals surface area contributed by atoms with Crippen LogP contribution < -0.4 is 15.6 Å². The van der Waals surface area contributed by atoms with Gasteiger partial charge in [-0.3, -0.25) is 9.59 Å². The lowest BCUT2D eigenvalue weighted by atomic mass is 9.87. The van der Waals surface area contributed by atoms with Crippen molar-refractivity contribution < 1.29 is 9.53 Å². The monoisotopic (exact) mass is 421 g/mol. The number of H-pyrrole nitrogens is 1. The number of benzene rings is 2. The second-order valence-corrected chi connectivity index (χ2v) is 8.18. The van der Waals surface area contributed by atoms with E-state index in [4.69, 9.17) is 4.74 Å². The molecule has 0 fully saturated rings. The zero-order chi connectivity index (χ0) is 21.1. The summed E-state index contributed by atoms with van der Waals surface area (Å²) in [5, 5.41) is 3.26. The third kappa shape index (κ3) is 4.41. The summed E-state index contributed by atoms with van der Waals surface area (Å²) < 4.78 is 5.49. The summed E-state index contributed by atoms with van der Waals surface area (Å²) in [5.74, 6) is 1.31. The Morgan fingerprint density at radius 2 is 1.83 bits per heavy atom. The average molecular weight is 422 g/mol. The van der Waals surface area contributed by atoms with Crippen molar-refractivity contribution in [3.8, 4) is 5.75 Å². The van der Waals surface area contributed by atoms with E-state index in [0.717, 1.165) is 16.9 Å². The molecule has 0 bridgehead atoms. The summed E-state index contributed by atoms with van der Waals surface area (Å²) in [6, 6.07) is 15.7. The van der Waals surface area contributed by atoms with Crippen molar-refractivity contribution in [2.45, 2.75) is 37.1 Å². The van der Waals surface area contributed by atoms with E-state index in [-0.39, 0.29) is 23.8 Å². The highest BCUT2D eigenvalue weighted by Gasteiger charge is 2.31. The molecule has 0 spiro atoms. The molecule has 7 heteroatoms. The molecule has 2 heterocycles. The fourth-order valence-electron chi connectivity index (χ4n) is 3.50. The van der Waals surface area contributed by atoms with E-state index in [9.17, 15) is 9.59 Å². The maximum absolute atomic E-state index is 12.9. The average Bonchev–Trinajstić information content (AvgIpc) is 2.73. The maximum Gasteiger partial charge on any atom is 0.257 e.